The van der Waals surface area contributed by atoms with E-state index >= 15 is 0 Å². The van der Waals surface area contributed by atoms with Gasteiger partial charge in [0.15, 0.2) is 0 Å². The summed E-state index contributed by atoms with van der Waals surface area (Å²) in [5, 5.41) is 0. The van der Waals surface area contributed by atoms with Crippen LogP contribution in [0.5, 0.6) is 0 Å². The van der Waals surface area contributed by atoms with Gasteiger partial charge in [-0.1, -0.05) is 0 Å². The van der Waals surface area contributed by atoms with Crippen LogP contribution in [0.4, 0.5) is 0 Å². The molecule has 1 heterocycles. The van der Waals surface area contributed by atoms with Crippen LogP contribution in [0.2, 0.25) is 0 Å². The molecule has 15 nitrogen and oxygen atoms in total. The molecule has 0 aromatic rings. The average Bonchev–Trinajstić information content (AvgIpc) is 2.48. The Balaban J connectivity index is 4.38. The molecule has 0 unspecified atom stereocenters. The Morgan fingerprint density at radius 1 is 0.417 bits per heavy atom. The summed E-state index contributed by atoms with van der Waals surface area (Å²) in [6.45, 7) is 0. The quantitative estimate of drug-likeness (QED) is 0.376. The van der Waals surface area contributed by atoms with Gasteiger partial charge in [-0.2, -0.15) is 13.5 Å². The number of hydrogen-bond donors (Lipinski definition) is 0. The van der Waals surface area contributed by atoms with E-state index in [0.717, 1.165) is 36.5 Å². The van der Waals surface area contributed by atoms with Crippen LogP contribution in [-0.4, -0.2) is 36.5 Å². The molecule has 0 aromatic carbocycles. The topological polar surface area (TPSA) is 214 Å². The van der Waals surface area contributed by atoms with Crippen molar-refractivity contribution in [3.05, 3.63) is 0 Å². The molecular weight excluding hydrogens is 387 g/mol. The van der Waals surface area contributed by atoms with E-state index in [0.29, 0.717) is 0 Å². The molecular formula is C6N9O6P3. The molecule has 0 spiro atoms. The lowest BCUT2D eigenvalue weighted by Crippen LogP contribution is -1.83. The van der Waals surface area contributed by atoms with Gasteiger partial charge in [0.1, 0.15) is 0 Å². The highest BCUT2D eigenvalue weighted by Crippen LogP contribution is 2.81. The zero-order valence-electron chi connectivity index (χ0n) is 10.8. The van der Waals surface area contributed by atoms with Crippen LogP contribution in [0, 0.1) is 0 Å². The van der Waals surface area contributed by atoms with E-state index in [1.54, 1.807) is 0 Å². The van der Waals surface area contributed by atoms with Gasteiger partial charge in [-0.3, -0.25) is 0 Å². The number of carbonyl (C=O) groups excluding carboxylic acids is 6. The second-order valence-corrected chi connectivity index (χ2v) is 9.59. The van der Waals surface area contributed by atoms with Crippen LogP contribution in [0.3, 0.4) is 0 Å². The molecule has 1 rings (SSSR count). The van der Waals surface area contributed by atoms with Crippen LogP contribution in [0.1, 0.15) is 0 Å². The normalized spacial score (nSPS) is 29.5. The van der Waals surface area contributed by atoms with E-state index in [2.05, 4.69) is 42.1 Å². The third-order valence-electron chi connectivity index (χ3n) is 1.77. The second-order valence-electron chi connectivity index (χ2n) is 3.03. The summed E-state index contributed by atoms with van der Waals surface area (Å²) < 4.78 is 29.4. The molecule has 0 saturated carbocycles. The number of isocyanates is 6. The molecule has 0 aromatic heterocycles. The van der Waals surface area contributed by atoms with Crippen molar-refractivity contribution < 1.29 is 28.8 Å². The minimum absolute atomic E-state index is 1.00. The Labute approximate surface area is 130 Å². The lowest BCUT2D eigenvalue weighted by molar-refractivity contribution is 0.564. The first-order valence-corrected chi connectivity index (χ1v) is 9.77. The molecule has 0 radical (unpaired) electrons. The molecule has 0 N–H and O–H groups in total. The first-order valence-electron chi connectivity index (χ1n) is 4.97. The predicted octanol–water partition coefficient (Wildman–Crippen LogP) is 1.85. The van der Waals surface area contributed by atoms with Gasteiger partial charge in [0, 0.05) is 0 Å². The van der Waals surface area contributed by atoms with Gasteiger partial charge in [0.25, 0.3) is 0 Å². The van der Waals surface area contributed by atoms with Gasteiger partial charge in [0.05, 0.1) is 0 Å². The van der Waals surface area contributed by atoms with Crippen molar-refractivity contribution in [1.82, 2.24) is 0 Å². The SMILES string of the molecule is O=C=NP1(N=C=O)=NP(N=C=O)(N=C=O)=NP(N=C=O)(N=C=O)=N1. The summed E-state index contributed by atoms with van der Waals surface area (Å²) >= 11 is 0. The third kappa shape index (κ3) is 4.03. The number of hydrogen-bond acceptors (Lipinski definition) is 15. The molecule has 1 aliphatic rings. The summed E-state index contributed by atoms with van der Waals surface area (Å²) in [5.41, 5.74) is 0. The van der Waals surface area contributed by atoms with Crippen LogP contribution < -0.4 is 0 Å². The fourth-order valence-electron chi connectivity index (χ4n) is 1.17. The Bertz CT molecular complexity index is 820. The smallest absolute Gasteiger partial charge is 0.211 e. The van der Waals surface area contributed by atoms with Gasteiger partial charge in [0.2, 0.25) is 36.5 Å². The van der Waals surface area contributed by atoms with E-state index < -0.39 is 22.5 Å². The highest BCUT2D eigenvalue weighted by Gasteiger charge is 2.39. The molecule has 0 aliphatic carbocycles. The monoisotopic (exact) mass is 387 g/mol. The minimum atomic E-state index is -4.18. The highest BCUT2D eigenvalue weighted by molar-refractivity contribution is 7.85. The number of rotatable bonds is 6. The Kier molecular flexibility index (Phi) is 6.34. The Morgan fingerprint density at radius 2 is 0.583 bits per heavy atom. The molecule has 0 saturated heterocycles. The molecule has 120 valence electrons. The standard InChI is InChI=1S/C6N9O6P3/c16-1-7-22(8-2-17)13-23(9-3-18,10-4-19)15-24(14-22,11-5-20)12-6-21. The maximum absolute atomic E-state index is 10.6. The third-order valence-corrected chi connectivity index (χ3v) is 9.63. The van der Waals surface area contributed by atoms with Gasteiger partial charge in [-0.05, 0) is 0 Å². The number of nitrogens with zero attached hydrogens (tertiary/aromatic N) is 9. The Morgan fingerprint density at radius 3 is 0.708 bits per heavy atom. The zero-order valence-corrected chi connectivity index (χ0v) is 13.5. The van der Waals surface area contributed by atoms with Crippen LogP contribution in [0.15, 0.2) is 42.1 Å². The lowest BCUT2D eigenvalue weighted by atomic mass is 11.7. The predicted molar refractivity (Wildman–Crippen MR) is 76.8 cm³/mol. The minimum Gasteiger partial charge on any atom is -0.211 e. The Hall–Kier alpha value is -3.03. The van der Waals surface area contributed by atoms with Crippen LogP contribution in [0.25, 0.3) is 0 Å². The van der Waals surface area contributed by atoms with Crippen LogP contribution in [-0.2, 0) is 28.8 Å². The average molecular weight is 387 g/mol. The molecule has 0 bridgehead atoms. The van der Waals surface area contributed by atoms with Crippen molar-refractivity contribution in [1.29, 1.82) is 0 Å². The van der Waals surface area contributed by atoms with E-state index in [9.17, 15) is 28.8 Å². The highest BCUT2D eigenvalue weighted by atomic mass is 31.3. The van der Waals surface area contributed by atoms with Crippen molar-refractivity contribution in [2.45, 2.75) is 0 Å². The van der Waals surface area contributed by atoms with Crippen molar-refractivity contribution in [3.63, 3.8) is 0 Å². The summed E-state index contributed by atoms with van der Waals surface area (Å²) in [6.07, 6.45) is 6.03. The maximum Gasteiger partial charge on any atom is 0.332 e. The summed E-state index contributed by atoms with van der Waals surface area (Å²) in [6, 6.07) is 0. The first-order chi connectivity index (χ1) is 11.5. The van der Waals surface area contributed by atoms with Gasteiger partial charge in [-0.25, -0.2) is 28.8 Å². The maximum atomic E-state index is 10.6. The molecule has 24 heavy (non-hydrogen) atoms. The van der Waals surface area contributed by atoms with Crippen molar-refractivity contribution in [2.75, 3.05) is 0 Å². The molecule has 1 aliphatic heterocycles. The lowest BCUT2D eigenvalue weighted by Gasteiger charge is -2.19. The van der Waals surface area contributed by atoms with E-state index in [4.69, 9.17) is 0 Å². The van der Waals surface area contributed by atoms with Crippen molar-refractivity contribution >= 4 is 59.0 Å². The van der Waals surface area contributed by atoms with Gasteiger partial charge < -0.3 is 0 Å². The van der Waals surface area contributed by atoms with Crippen molar-refractivity contribution in [3.8, 4) is 0 Å². The van der Waals surface area contributed by atoms with Crippen LogP contribution >= 0.6 is 22.5 Å². The molecule has 18 heteroatoms. The summed E-state index contributed by atoms with van der Waals surface area (Å²) in [5.74, 6) is 0. The zero-order chi connectivity index (χ0) is 18.1. The van der Waals surface area contributed by atoms with Crippen molar-refractivity contribution in [2.24, 2.45) is 42.1 Å². The molecule has 0 fully saturated rings. The fourth-order valence-corrected chi connectivity index (χ4v) is 9.14. The van der Waals surface area contributed by atoms with E-state index in [1.807, 2.05) is 0 Å². The fraction of sp³-hybridized carbons (Fsp3) is 0. The van der Waals surface area contributed by atoms with E-state index in [-0.39, 0.29) is 0 Å². The second kappa shape index (κ2) is 8.00. The molecule has 0 amide bonds. The summed E-state index contributed by atoms with van der Waals surface area (Å²) in [4.78, 5) is 63.6. The van der Waals surface area contributed by atoms with Gasteiger partial charge >= 0.3 is 22.5 Å². The van der Waals surface area contributed by atoms with Gasteiger partial charge in [-0.15, -0.1) is 28.6 Å². The van der Waals surface area contributed by atoms with E-state index in [1.165, 1.54) is 0 Å². The summed E-state index contributed by atoms with van der Waals surface area (Å²) in [7, 11) is -12.6. The largest absolute Gasteiger partial charge is 0.332 e. The first kappa shape index (κ1) is 19.0. The molecule has 0 atom stereocenters.